The summed E-state index contributed by atoms with van der Waals surface area (Å²) in [6.07, 6.45) is 8.74. The molecule has 1 heterocycles. The molecule has 0 aromatic heterocycles. The maximum atomic E-state index is 11.4. The van der Waals surface area contributed by atoms with Crippen molar-refractivity contribution in [3.63, 3.8) is 0 Å². The van der Waals surface area contributed by atoms with Crippen LogP contribution in [0.3, 0.4) is 0 Å². The lowest BCUT2D eigenvalue weighted by atomic mass is 9.83. The highest BCUT2D eigenvalue weighted by Crippen LogP contribution is 2.38. The second kappa shape index (κ2) is 7.64. The predicted molar refractivity (Wildman–Crippen MR) is 133 cm³/mol. The molecule has 3 nitrogen and oxygen atoms in total. The third-order valence-electron chi connectivity index (χ3n) is 6.55. The van der Waals surface area contributed by atoms with Crippen molar-refractivity contribution in [3.05, 3.63) is 94.6 Å². The fraction of sp³-hybridized carbons (Fsp3) is 0.143. The average Bonchev–Trinajstić information content (AvgIpc) is 3.05. The molecule has 0 atom stereocenters. The van der Waals surface area contributed by atoms with Crippen molar-refractivity contribution in [2.45, 2.75) is 30.6 Å². The molecule has 0 radical (unpaired) electrons. The van der Waals surface area contributed by atoms with Crippen LogP contribution in [0.1, 0.15) is 45.5 Å². The van der Waals surface area contributed by atoms with Gasteiger partial charge >= 0.3 is 5.97 Å². The van der Waals surface area contributed by atoms with Crippen molar-refractivity contribution in [2.24, 2.45) is 4.40 Å². The van der Waals surface area contributed by atoms with Crippen LogP contribution in [-0.4, -0.2) is 16.8 Å². The van der Waals surface area contributed by atoms with E-state index in [1.807, 2.05) is 18.2 Å². The van der Waals surface area contributed by atoms with E-state index in [0.717, 1.165) is 34.6 Å². The van der Waals surface area contributed by atoms with Gasteiger partial charge in [0.25, 0.3) is 0 Å². The number of carboxylic acids is 1. The number of nitrogens with zero attached hydrogens (tertiary/aromatic N) is 1. The molecule has 156 valence electrons. The molecule has 6 rings (SSSR count). The Bertz CT molecular complexity index is 1480. The fourth-order valence-corrected chi connectivity index (χ4v) is 5.71. The number of benzene rings is 4. The Balaban J connectivity index is 1.59. The zero-order valence-corrected chi connectivity index (χ0v) is 18.3. The first-order valence-electron chi connectivity index (χ1n) is 11.0. The van der Waals surface area contributed by atoms with E-state index in [0.29, 0.717) is 5.56 Å². The number of hydrogen-bond donors (Lipinski definition) is 1. The molecule has 32 heavy (non-hydrogen) atoms. The van der Waals surface area contributed by atoms with Crippen LogP contribution in [-0.2, 0) is 12.8 Å². The summed E-state index contributed by atoms with van der Waals surface area (Å²) in [6, 6.07) is 20.7. The first kappa shape index (κ1) is 19.3. The van der Waals surface area contributed by atoms with Gasteiger partial charge in [0.1, 0.15) is 0 Å². The highest BCUT2D eigenvalue weighted by atomic mass is 32.2. The largest absolute Gasteiger partial charge is 0.478 e. The van der Waals surface area contributed by atoms with Gasteiger partial charge in [0.05, 0.1) is 11.3 Å². The molecule has 1 aliphatic heterocycles. The molecule has 0 saturated heterocycles. The summed E-state index contributed by atoms with van der Waals surface area (Å²) in [5.74, 6) is -0.913. The Labute approximate surface area is 190 Å². The van der Waals surface area contributed by atoms with Crippen LogP contribution >= 0.6 is 11.9 Å². The van der Waals surface area contributed by atoms with Crippen LogP contribution in [0.2, 0.25) is 0 Å². The maximum Gasteiger partial charge on any atom is 0.335 e. The molecular formula is C28H21NO2S. The van der Waals surface area contributed by atoms with Crippen LogP contribution < -0.4 is 0 Å². The van der Waals surface area contributed by atoms with Gasteiger partial charge in [-0.3, -0.25) is 0 Å². The molecule has 0 amide bonds. The van der Waals surface area contributed by atoms with Crippen LogP contribution in [0.5, 0.6) is 0 Å². The quantitative estimate of drug-likeness (QED) is 0.270. The zero-order valence-electron chi connectivity index (χ0n) is 17.5. The summed E-state index contributed by atoms with van der Waals surface area (Å²) in [6.45, 7) is 0. The van der Waals surface area contributed by atoms with E-state index in [2.05, 4.69) is 42.5 Å². The highest BCUT2D eigenvalue weighted by molar-refractivity contribution is 7.98. The smallest absolute Gasteiger partial charge is 0.335 e. The van der Waals surface area contributed by atoms with Gasteiger partial charge in [0, 0.05) is 22.4 Å². The van der Waals surface area contributed by atoms with Gasteiger partial charge < -0.3 is 5.11 Å². The van der Waals surface area contributed by atoms with Gasteiger partial charge in [-0.15, -0.1) is 0 Å². The van der Waals surface area contributed by atoms with Gasteiger partial charge in [0.2, 0.25) is 0 Å². The minimum Gasteiger partial charge on any atom is -0.478 e. The molecule has 1 N–H and O–H groups in total. The van der Waals surface area contributed by atoms with E-state index >= 15 is 0 Å². The summed E-state index contributed by atoms with van der Waals surface area (Å²) < 4.78 is 4.91. The first-order valence-corrected chi connectivity index (χ1v) is 11.7. The predicted octanol–water partition coefficient (Wildman–Crippen LogP) is 7.09. The third-order valence-corrected chi connectivity index (χ3v) is 7.41. The summed E-state index contributed by atoms with van der Waals surface area (Å²) in [5, 5.41) is 14.5. The van der Waals surface area contributed by atoms with Crippen molar-refractivity contribution in [1.29, 1.82) is 0 Å². The van der Waals surface area contributed by atoms with E-state index in [4.69, 9.17) is 4.40 Å². The Kier molecular flexibility index (Phi) is 4.62. The number of aromatic carboxylic acids is 1. The molecule has 1 aliphatic carbocycles. The summed E-state index contributed by atoms with van der Waals surface area (Å²) in [4.78, 5) is 12.4. The minimum absolute atomic E-state index is 0.294. The molecule has 0 bridgehead atoms. The highest BCUT2D eigenvalue weighted by Gasteiger charge is 2.20. The van der Waals surface area contributed by atoms with Crippen molar-refractivity contribution in [1.82, 2.24) is 0 Å². The third kappa shape index (κ3) is 3.14. The Morgan fingerprint density at radius 3 is 2.69 bits per heavy atom. The van der Waals surface area contributed by atoms with E-state index in [1.54, 1.807) is 12.1 Å². The zero-order chi connectivity index (χ0) is 21.7. The normalized spacial score (nSPS) is 15.2. The average molecular weight is 436 g/mol. The molecule has 4 heteroatoms. The molecule has 0 spiro atoms. The second-order valence-corrected chi connectivity index (χ2v) is 9.24. The molecule has 4 aromatic carbocycles. The lowest BCUT2D eigenvalue weighted by Crippen LogP contribution is -2.07. The van der Waals surface area contributed by atoms with E-state index in [1.165, 1.54) is 57.5 Å². The van der Waals surface area contributed by atoms with Crippen LogP contribution in [0.15, 0.2) is 76.0 Å². The van der Waals surface area contributed by atoms with Gasteiger partial charge in [-0.1, -0.05) is 42.5 Å². The second-order valence-electron chi connectivity index (χ2n) is 8.44. The number of carbonyl (C=O) groups is 1. The minimum atomic E-state index is -0.913. The summed E-state index contributed by atoms with van der Waals surface area (Å²) >= 11 is 1.42. The molecular weight excluding hydrogens is 414 g/mol. The van der Waals surface area contributed by atoms with E-state index < -0.39 is 5.97 Å². The van der Waals surface area contributed by atoms with Crippen molar-refractivity contribution in [2.75, 3.05) is 0 Å². The molecule has 4 aromatic rings. The fourth-order valence-electron chi connectivity index (χ4n) is 4.99. The van der Waals surface area contributed by atoms with Gasteiger partial charge in [-0.2, -0.15) is 0 Å². The summed E-state index contributed by atoms with van der Waals surface area (Å²) in [7, 11) is 0. The maximum absolute atomic E-state index is 11.4. The standard InChI is InChI=1S/C28H21NO2S/c30-28(31)20-11-14-26-19(15-20)10-13-25(29-32-26)24-16-18-6-2-3-7-21(18)23-12-9-17-5-1-4-8-22(17)27(23)24/h2-3,6-7,9-16H,1,4-5,8H2,(H,30,31). The molecule has 0 unspecified atom stereocenters. The monoisotopic (exact) mass is 435 g/mol. The number of fused-ring (bicyclic) bond motifs is 6. The molecule has 0 fully saturated rings. The van der Waals surface area contributed by atoms with E-state index in [9.17, 15) is 9.90 Å². The van der Waals surface area contributed by atoms with Crippen LogP contribution in [0, 0.1) is 0 Å². The number of hydrogen-bond acceptors (Lipinski definition) is 3. The Hall–Kier alpha value is -3.37. The van der Waals surface area contributed by atoms with Crippen LogP contribution in [0.25, 0.3) is 27.6 Å². The summed E-state index contributed by atoms with van der Waals surface area (Å²) in [5.41, 5.74) is 6.19. The number of carboxylic acid groups (broad SMARTS) is 1. The van der Waals surface area contributed by atoms with Crippen molar-refractivity contribution < 1.29 is 9.90 Å². The lowest BCUT2D eigenvalue weighted by Gasteiger charge is -2.21. The SMILES string of the molecule is O=C(O)c1ccc2c(c1)C=CC(c1cc3ccccc3c3ccc4c(c13)CCCC4)=NS2. The van der Waals surface area contributed by atoms with E-state index in [-0.39, 0.29) is 0 Å². The molecule has 0 saturated carbocycles. The van der Waals surface area contributed by atoms with Gasteiger partial charge in [0.15, 0.2) is 0 Å². The van der Waals surface area contributed by atoms with Crippen LogP contribution in [0.4, 0.5) is 0 Å². The lowest BCUT2D eigenvalue weighted by molar-refractivity contribution is 0.0696. The Morgan fingerprint density at radius 1 is 0.906 bits per heavy atom. The van der Waals surface area contributed by atoms with Gasteiger partial charge in [-0.25, -0.2) is 9.19 Å². The number of allylic oxidation sites excluding steroid dienone is 1. The van der Waals surface area contributed by atoms with Gasteiger partial charge in [-0.05, 0) is 94.3 Å². The van der Waals surface area contributed by atoms with Crippen molar-refractivity contribution in [3.8, 4) is 0 Å². The Morgan fingerprint density at radius 2 is 1.78 bits per heavy atom. The first-order chi connectivity index (χ1) is 15.7. The van der Waals surface area contributed by atoms with Crippen molar-refractivity contribution >= 4 is 51.2 Å². The number of aryl methyl sites for hydroxylation is 2. The topological polar surface area (TPSA) is 49.7 Å². The number of rotatable bonds is 2. The molecule has 2 aliphatic rings.